The highest BCUT2D eigenvalue weighted by Crippen LogP contribution is 2.25. The molecule has 0 unspecified atom stereocenters. The quantitative estimate of drug-likeness (QED) is 0.498. The van der Waals surface area contributed by atoms with Crippen molar-refractivity contribution in [3.8, 4) is 0 Å². The molecule has 0 bridgehead atoms. The summed E-state index contributed by atoms with van der Waals surface area (Å²) in [7, 11) is 0. The van der Waals surface area contributed by atoms with E-state index < -0.39 is 11.9 Å². The second kappa shape index (κ2) is 8.61. The van der Waals surface area contributed by atoms with Crippen molar-refractivity contribution in [1.29, 1.82) is 0 Å². The van der Waals surface area contributed by atoms with Crippen LogP contribution in [0.1, 0.15) is 6.92 Å². The molecule has 0 atom stereocenters. The molecule has 8 heteroatoms. The second-order valence-electron chi connectivity index (χ2n) is 3.65. The van der Waals surface area contributed by atoms with Gasteiger partial charge in [0.25, 0.3) is 0 Å². The summed E-state index contributed by atoms with van der Waals surface area (Å²) in [5.41, 5.74) is 0.462. The minimum atomic E-state index is -0.607. The lowest BCUT2D eigenvalue weighted by atomic mass is 10.3. The highest BCUT2D eigenvalue weighted by Gasteiger charge is 2.06. The number of ether oxygens (including phenoxy) is 1. The summed E-state index contributed by atoms with van der Waals surface area (Å²) in [6.07, 6.45) is 2.03. The van der Waals surface area contributed by atoms with Crippen molar-refractivity contribution in [1.82, 2.24) is 5.32 Å². The lowest BCUT2D eigenvalue weighted by molar-refractivity contribution is -0.137. The molecule has 0 aromatic heterocycles. The van der Waals surface area contributed by atoms with Crippen LogP contribution in [0, 0.1) is 0 Å². The van der Waals surface area contributed by atoms with Crippen LogP contribution in [0.2, 0.25) is 10.0 Å². The molecule has 5 nitrogen and oxygen atoms in total. The van der Waals surface area contributed by atoms with Crippen molar-refractivity contribution >= 4 is 58.1 Å². The molecule has 112 valence electrons. The monoisotopic (exact) mass is 346 g/mol. The fraction of sp³-hybridized carbons (Fsp3) is 0.154. The Kier molecular flexibility index (Phi) is 7.14. The topological polar surface area (TPSA) is 67.4 Å². The van der Waals surface area contributed by atoms with E-state index in [-0.39, 0.29) is 11.7 Å². The number of carbonyl (C=O) groups is 2. The highest BCUT2D eigenvalue weighted by atomic mass is 35.5. The summed E-state index contributed by atoms with van der Waals surface area (Å²) in [6, 6.07) is 4.78. The van der Waals surface area contributed by atoms with Gasteiger partial charge in [-0.3, -0.25) is 10.1 Å². The summed E-state index contributed by atoms with van der Waals surface area (Å²) in [5, 5.41) is 5.98. The van der Waals surface area contributed by atoms with Gasteiger partial charge in [-0.05, 0) is 37.3 Å². The first-order chi connectivity index (χ1) is 9.92. The average molecular weight is 347 g/mol. The summed E-state index contributed by atoms with van der Waals surface area (Å²) in [4.78, 5) is 22.5. The maximum Gasteiger partial charge on any atom is 0.330 e. The van der Waals surface area contributed by atoms with E-state index in [0.29, 0.717) is 15.7 Å². The Morgan fingerprint density at radius 3 is 2.71 bits per heavy atom. The van der Waals surface area contributed by atoms with Crippen molar-refractivity contribution in [2.24, 2.45) is 0 Å². The minimum absolute atomic E-state index is 0.0256. The molecule has 0 spiro atoms. The van der Waals surface area contributed by atoms with Crippen LogP contribution in [-0.4, -0.2) is 23.6 Å². The number of amides is 1. The Hall–Kier alpha value is -1.63. The number of nitrogens with one attached hydrogen (secondary N) is 2. The van der Waals surface area contributed by atoms with E-state index in [0.717, 1.165) is 12.2 Å². The Morgan fingerprint density at radius 1 is 1.33 bits per heavy atom. The standard InChI is InChI=1S/C13H12Cl2N2O3S/c1-2-20-12(19)6-5-11(18)17-13(21)16-10-7-8(14)3-4-9(10)15/h3-7H,2H2,1H3,(H2,16,17,18,21)/b6-5+. The molecule has 0 fully saturated rings. The predicted molar refractivity (Wildman–Crippen MR) is 86.6 cm³/mol. The summed E-state index contributed by atoms with van der Waals surface area (Å²) in [5.74, 6) is -1.18. The molecule has 0 heterocycles. The molecule has 0 radical (unpaired) electrons. The van der Waals surface area contributed by atoms with Gasteiger partial charge in [0.2, 0.25) is 5.91 Å². The molecule has 1 aromatic rings. The normalized spacial score (nSPS) is 10.2. The van der Waals surface area contributed by atoms with Crippen LogP contribution < -0.4 is 10.6 Å². The number of carbonyl (C=O) groups excluding carboxylic acids is 2. The molecule has 2 N–H and O–H groups in total. The van der Waals surface area contributed by atoms with Gasteiger partial charge in [-0.1, -0.05) is 23.2 Å². The third-order valence-electron chi connectivity index (χ3n) is 2.07. The number of hydrogen-bond acceptors (Lipinski definition) is 4. The lowest BCUT2D eigenvalue weighted by Crippen LogP contribution is -2.33. The fourth-order valence-electron chi connectivity index (χ4n) is 1.23. The second-order valence-corrected chi connectivity index (χ2v) is 4.90. The molecule has 1 amide bonds. The van der Waals surface area contributed by atoms with Gasteiger partial charge in [-0.2, -0.15) is 0 Å². The minimum Gasteiger partial charge on any atom is -0.463 e. The average Bonchev–Trinajstić information content (AvgIpc) is 2.41. The van der Waals surface area contributed by atoms with E-state index in [1.165, 1.54) is 0 Å². The molecule has 1 rings (SSSR count). The van der Waals surface area contributed by atoms with Crippen LogP contribution >= 0.6 is 35.4 Å². The highest BCUT2D eigenvalue weighted by molar-refractivity contribution is 7.80. The van der Waals surface area contributed by atoms with Crippen molar-refractivity contribution in [2.45, 2.75) is 6.92 Å². The predicted octanol–water partition coefficient (Wildman–Crippen LogP) is 2.93. The Morgan fingerprint density at radius 2 is 2.05 bits per heavy atom. The number of halogens is 2. The van der Waals surface area contributed by atoms with E-state index in [9.17, 15) is 9.59 Å². The molecule has 0 aliphatic rings. The van der Waals surface area contributed by atoms with Gasteiger partial charge < -0.3 is 10.1 Å². The zero-order chi connectivity index (χ0) is 15.8. The van der Waals surface area contributed by atoms with Gasteiger partial charge in [0.15, 0.2) is 5.11 Å². The summed E-state index contributed by atoms with van der Waals surface area (Å²) >= 11 is 16.7. The fourth-order valence-corrected chi connectivity index (χ4v) is 1.78. The van der Waals surface area contributed by atoms with E-state index in [1.807, 2.05) is 0 Å². The van der Waals surface area contributed by atoms with Crippen molar-refractivity contribution in [3.05, 3.63) is 40.4 Å². The molecule has 21 heavy (non-hydrogen) atoms. The third-order valence-corrected chi connectivity index (χ3v) is 2.84. The van der Waals surface area contributed by atoms with E-state index >= 15 is 0 Å². The zero-order valence-corrected chi connectivity index (χ0v) is 13.3. The Bertz CT molecular complexity index is 591. The summed E-state index contributed by atoms with van der Waals surface area (Å²) < 4.78 is 4.64. The number of hydrogen-bond donors (Lipinski definition) is 2. The first kappa shape index (κ1) is 17.4. The van der Waals surface area contributed by atoms with Crippen LogP contribution in [-0.2, 0) is 14.3 Å². The Balaban J connectivity index is 2.55. The Labute approximate surface area is 137 Å². The van der Waals surface area contributed by atoms with Gasteiger partial charge in [-0.15, -0.1) is 0 Å². The third kappa shape index (κ3) is 6.57. The summed E-state index contributed by atoms with van der Waals surface area (Å²) in [6.45, 7) is 1.90. The maximum atomic E-state index is 11.5. The molecule has 0 aliphatic heterocycles. The van der Waals surface area contributed by atoms with Crippen LogP contribution in [0.15, 0.2) is 30.4 Å². The number of benzene rings is 1. The van der Waals surface area contributed by atoms with Crippen LogP contribution in [0.4, 0.5) is 5.69 Å². The lowest BCUT2D eigenvalue weighted by Gasteiger charge is -2.09. The largest absolute Gasteiger partial charge is 0.463 e. The smallest absolute Gasteiger partial charge is 0.330 e. The zero-order valence-electron chi connectivity index (χ0n) is 11.0. The van der Waals surface area contributed by atoms with Crippen molar-refractivity contribution < 1.29 is 14.3 Å². The van der Waals surface area contributed by atoms with Crippen molar-refractivity contribution in [2.75, 3.05) is 11.9 Å². The van der Waals surface area contributed by atoms with Gasteiger partial charge in [-0.25, -0.2) is 4.79 Å². The molecule has 0 saturated carbocycles. The number of thiocarbonyl (C=S) groups is 1. The molecule has 0 saturated heterocycles. The van der Waals surface area contributed by atoms with Gasteiger partial charge >= 0.3 is 5.97 Å². The van der Waals surface area contributed by atoms with E-state index in [1.54, 1.807) is 25.1 Å². The van der Waals surface area contributed by atoms with Gasteiger partial charge in [0.1, 0.15) is 0 Å². The van der Waals surface area contributed by atoms with Gasteiger partial charge in [0.05, 0.1) is 17.3 Å². The molecular formula is C13H12Cl2N2O3S. The van der Waals surface area contributed by atoms with Gasteiger partial charge in [0, 0.05) is 17.2 Å². The number of rotatable bonds is 4. The maximum absolute atomic E-state index is 11.5. The van der Waals surface area contributed by atoms with E-state index in [2.05, 4.69) is 15.4 Å². The number of anilines is 1. The van der Waals surface area contributed by atoms with Crippen LogP contribution in [0.5, 0.6) is 0 Å². The SMILES string of the molecule is CCOC(=O)/C=C/C(=O)NC(=S)Nc1cc(Cl)ccc1Cl. The molecular weight excluding hydrogens is 335 g/mol. The van der Waals surface area contributed by atoms with E-state index in [4.69, 9.17) is 35.4 Å². The molecule has 1 aromatic carbocycles. The first-order valence-corrected chi connectivity index (χ1v) is 7.00. The first-order valence-electron chi connectivity index (χ1n) is 5.84. The van der Waals surface area contributed by atoms with Crippen LogP contribution in [0.25, 0.3) is 0 Å². The molecule has 0 aliphatic carbocycles. The number of esters is 1. The van der Waals surface area contributed by atoms with Crippen LogP contribution in [0.3, 0.4) is 0 Å². The van der Waals surface area contributed by atoms with Crippen molar-refractivity contribution in [3.63, 3.8) is 0 Å².